The van der Waals surface area contributed by atoms with Crippen molar-refractivity contribution in [2.45, 2.75) is 13.3 Å². The normalized spacial score (nSPS) is 20.0. The van der Waals surface area contributed by atoms with Crippen molar-refractivity contribution >= 4 is 39.1 Å². The van der Waals surface area contributed by atoms with Gasteiger partial charge in [-0.3, -0.25) is 14.2 Å². The Bertz CT molecular complexity index is 967. The van der Waals surface area contributed by atoms with Crippen LogP contribution in [0, 0.1) is 0 Å². The molecule has 8 nitrogen and oxygen atoms in total. The number of amides is 1. The van der Waals surface area contributed by atoms with Crippen LogP contribution in [0.25, 0.3) is 0 Å². The molecule has 2 heterocycles. The van der Waals surface area contributed by atoms with Crippen LogP contribution < -0.4 is 9.64 Å². The third-order valence-electron chi connectivity index (χ3n) is 4.10. The second-order valence-electron chi connectivity index (χ2n) is 6.09. The van der Waals surface area contributed by atoms with Crippen LogP contribution in [-0.2, 0) is 19.6 Å². The van der Waals surface area contributed by atoms with Crippen LogP contribution in [0.5, 0.6) is 5.75 Å². The van der Waals surface area contributed by atoms with Crippen molar-refractivity contribution in [2.75, 3.05) is 24.2 Å². The summed E-state index contributed by atoms with van der Waals surface area (Å²) in [6, 6.07) is 7.53. The first kappa shape index (κ1) is 19.3. The van der Waals surface area contributed by atoms with Gasteiger partial charge in [0.15, 0.2) is 11.5 Å². The summed E-state index contributed by atoms with van der Waals surface area (Å²) in [5.41, 5.74) is 1.43. The molecule has 0 aliphatic carbocycles. The molecule has 0 bridgehead atoms. The summed E-state index contributed by atoms with van der Waals surface area (Å²) in [7, 11) is -2.25. The van der Waals surface area contributed by atoms with Gasteiger partial charge >= 0.3 is 0 Å². The molecule has 0 aromatic heterocycles. The molecular weight excluding hydrogens is 392 g/mol. The van der Waals surface area contributed by atoms with Gasteiger partial charge in [-0.25, -0.2) is 0 Å². The first-order valence-corrected chi connectivity index (χ1v) is 10.1. The lowest BCUT2D eigenvalue weighted by Gasteiger charge is -2.11. The van der Waals surface area contributed by atoms with E-state index in [0.29, 0.717) is 17.2 Å². The Labute approximate surface area is 162 Å². The minimum absolute atomic E-state index is 0.0344. The number of fused-ring (bicyclic) bond motifs is 1. The lowest BCUT2D eigenvalue weighted by molar-refractivity contribution is -0.123. The topological polar surface area (TPSA) is 96.4 Å². The highest BCUT2D eigenvalue weighted by atomic mass is 32.2. The highest BCUT2D eigenvalue weighted by Crippen LogP contribution is 2.38. The zero-order valence-electron chi connectivity index (χ0n) is 14.7. The van der Waals surface area contributed by atoms with E-state index in [1.165, 1.54) is 4.90 Å². The van der Waals surface area contributed by atoms with Crippen LogP contribution in [0.3, 0.4) is 0 Å². The molecule has 10 heteroatoms. The Morgan fingerprint density at radius 2 is 2.00 bits per heavy atom. The summed E-state index contributed by atoms with van der Waals surface area (Å²) in [4.78, 5) is 15.6. The van der Waals surface area contributed by atoms with Gasteiger partial charge < -0.3 is 14.4 Å². The molecule has 0 spiro atoms. The molecule has 0 unspecified atom stereocenters. The molecule has 1 saturated heterocycles. The molecule has 144 valence electrons. The van der Waals surface area contributed by atoms with Gasteiger partial charge in [-0.2, -0.15) is 8.42 Å². The number of nitrogens with zero attached hydrogens (tertiary/aromatic N) is 2. The van der Waals surface area contributed by atoms with Crippen LogP contribution in [-0.4, -0.2) is 48.3 Å². The van der Waals surface area contributed by atoms with Gasteiger partial charge in [0.1, 0.15) is 0 Å². The van der Waals surface area contributed by atoms with E-state index in [4.69, 9.17) is 26.2 Å². The van der Waals surface area contributed by atoms with Gasteiger partial charge in [0.05, 0.1) is 11.4 Å². The smallest absolute Gasteiger partial charge is 0.297 e. The highest BCUT2D eigenvalue weighted by molar-refractivity contribution is 7.85. The second kappa shape index (κ2) is 7.29. The fourth-order valence-electron chi connectivity index (χ4n) is 2.74. The van der Waals surface area contributed by atoms with E-state index < -0.39 is 21.8 Å². The lowest BCUT2D eigenvalue weighted by Crippen LogP contribution is -2.30. The molecule has 1 N–H and O–H groups in total. The minimum atomic E-state index is -4.09. The number of allylic oxidation sites excluding steroid dienone is 2. The van der Waals surface area contributed by atoms with E-state index in [0.717, 1.165) is 5.69 Å². The quantitative estimate of drug-likeness (QED) is 0.448. The average molecular weight is 410 g/mol. The van der Waals surface area contributed by atoms with E-state index >= 15 is 0 Å². The number of ether oxygens (including phenoxy) is 2. The molecule has 3 rings (SSSR count). The summed E-state index contributed by atoms with van der Waals surface area (Å²) < 4.78 is 41.6. The molecular formula is C17H18N2O6S2. The largest absolute Gasteiger partial charge is 0.439 e. The number of carbonyl (C=O) groups excluding carboxylic acids is 1. The molecule has 1 fully saturated rings. The van der Waals surface area contributed by atoms with E-state index in [9.17, 15) is 13.2 Å². The average Bonchev–Trinajstić information content (AvgIpc) is 3.05. The molecule has 0 saturated carbocycles. The maximum absolute atomic E-state index is 12.5. The number of thiocarbonyl (C=S) groups is 1. The first-order valence-electron chi connectivity index (χ1n) is 8.09. The van der Waals surface area contributed by atoms with E-state index in [1.807, 2.05) is 36.2 Å². The van der Waals surface area contributed by atoms with E-state index in [-0.39, 0.29) is 23.9 Å². The summed E-state index contributed by atoms with van der Waals surface area (Å²) >= 11 is 5.06. The van der Waals surface area contributed by atoms with Crippen LogP contribution in [0.1, 0.15) is 13.3 Å². The van der Waals surface area contributed by atoms with Crippen molar-refractivity contribution in [1.29, 1.82) is 0 Å². The van der Waals surface area contributed by atoms with Crippen molar-refractivity contribution in [3.63, 3.8) is 0 Å². The molecule has 1 aromatic rings. The number of hydrogen-bond donors (Lipinski definition) is 1. The van der Waals surface area contributed by atoms with Crippen LogP contribution >= 0.6 is 12.2 Å². The number of hydrogen-bond acceptors (Lipinski definition) is 7. The summed E-state index contributed by atoms with van der Waals surface area (Å²) in [5.74, 6) is 0.395. The molecule has 1 amide bonds. The zero-order chi connectivity index (χ0) is 19.8. The maximum atomic E-state index is 12.5. The number of anilines is 1. The van der Waals surface area contributed by atoms with Crippen molar-refractivity contribution in [1.82, 2.24) is 4.90 Å². The Hall–Kier alpha value is -2.43. The molecule has 0 radical (unpaired) electrons. The molecule has 2 aliphatic rings. The third kappa shape index (κ3) is 4.12. The predicted octanol–water partition coefficient (Wildman–Crippen LogP) is 2.05. The van der Waals surface area contributed by atoms with Crippen molar-refractivity contribution < 1.29 is 27.2 Å². The molecule has 27 heavy (non-hydrogen) atoms. The molecule has 0 atom stereocenters. The predicted molar refractivity (Wildman–Crippen MR) is 103 cm³/mol. The number of rotatable bonds is 5. The van der Waals surface area contributed by atoms with Crippen LogP contribution in [0.2, 0.25) is 0 Å². The summed E-state index contributed by atoms with van der Waals surface area (Å²) in [5, 5.41) is -0.0490. The van der Waals surface area contributed by atoms with Crippen LogP contribution in [0.4, 0.5) is 5.69 Å². The lowest BCUT2D eigenvalue weighted by atomic mass is 10.2. The standard InChI is InChI=1S/C17H18N2O6S2/c1-11(10-14-18(2)12-6-3-4-7-13(12)24-14)15-16(20)19(17(26)25-15)8-5-9-27(21,22)23/h3-4,6-7,10H,5,8-9H2,1-2H3,(H,21,22,23)/b14-10+,15-11+. The molecule has 1 aromatic carbocycles. The maximum Gasteiger partial charge on any atom is 0.297 e. The van der Waals surface area contributed by atoms with Gasteiger partial charge in [0, 0.05) is 25.2 Å². The monoisotopic (exact) mass is 410 g/mol. The van der Waals surface area contributed by atoms with Gasteiger partial charge in [0.25, 0.3) is 21.2 Å². The summed E-state index contributed by atoms with van der Waals surface area (Å²) in [6.45, 7) is 1.73. The molecule has 2 aliphatic heterocycles. The van der Waals surface area contributed by atoms with Gasteiger partial charge in [-0.05, 0) is 37.7 Å². The number of carbonyl (C=O) groups is 1. The Morgan fingerprint density at radius 3 is 2.67 bits per heavy atom. The van der Waals surface area contributed by atoms with E-state index in [1.54, 1.807) is 13.0 Å². The second-order valence-corrected chi connectivity index (χ2v) is 8.01. The summed E-state index contributed by atoms with van der Waals surface area (Å²) in [6.07, 6.45) is 1.72. The van der Waals surface area contributed by atoms with Gasteiger partial charge in [-0.15, -0.1) is 0 Å². The third-order valence-corrected chi connectivity index (χ3v) is 5.21. The Morgan fingerprint density at radius 1 is 1.30 bits per heavy atom. The fraction of sp³-hybridized carbons (Fsp3) is 0.294. The van der Waals surface area contributed by atoms with Crippen molar-refractivity contribution in [3.8, 4) is 5.75 Å². The van der Waals surface area contributed by atoms with Gasteiger partial charge in [-0.1, -0.05) is 12.1 Å². The minimum Gasteiger partial charge on any atom is -0.439 e. The Kier molecular flexibility index (Phi) is 5.22. The van der Waals surface area contributed by atoms with Gasteiger partial charge in [0.2, 0.25) is 5.88 Å². The number of para-hydroxylation sites is 2. The van der Waals surface area contributed by atoms with Crippen molar-refractivity contribution in [2.24, 2.45) is 0 Å². The first-order chi connectivity index (χ1) is 12.7. The SMILES string of the molecule is CC(/C=C1/Oc2ccccc2N1C)=C1\OC(=S)N(CCCS(=O)(=O)O)C1=O. The van der Waals surface area contributed by atoms with Crippen LogP contribution in [0.15, 0.2) is 47.6 Å². The fourth-order valence-corrected chi connectivity index (χ4v) is 3.49. The van der Waals surface area contributed by atoms with E-state index in [2.05, 4.69) is 0 Å². The zero-order valence-corrected chi connectivity index (χ0v) is 16.3. The van der Waals surface area contributed by atoms with Crippen molar-refractivity contribution in [3.05, 3.63) is 47.6 Å². The Balaban J connectivity index is 1.76. The number of benzene rings is 1. The highest BCUT2D eigenvalue weighted by Gasteiger charge is 2.35.